The van der Waals surface area contributed by atoms with Gasteiger partial charge in [0.1, 0.15) is 5.52 Å². The van der Waals surface area contributed by atoms with Crippen molar-refractivity contribution < 1.29 is 17.6 Å². The van der Waals surface area contributed by atoms with Gasteiger partial charge < -0.3 is 9.32 Å². The zero-order chi connectivity index (χ0) is 16.7. The number of fused-ring (bicyclic) bond motifs is 1. The Morgan fingerprint density at radius 2 is 2.00 bits per heavy atom. The maximum atomic E-state index is 12.9. The van der Waals surface area contributed by atoms with Crippen LogP contribution in [0, 0.1) is 5.92 Å². The highest BCUT2D eigenvalue weighted by molar-refractivity contribution is 7.89. The van der Waals surface area contributed by atoms with Gasteiger partial charge in [-0.05, 0) is 31.4 Å². The molecule has 0 spiro atoms. The van der Waals surface area contributed by atoms with Crippen LogP contribution in [-0.2, 0) is 14.8 Å². The Hall–Kier alpha value is -1.93. The average Bonchev–Trinajstić information content (AvgIpc) is 3.36. The molecule has 8 heteroatoms. The first-order valence-corrected chi connectivity index (χ1v) is 9.62. The molecule has 1 aromatic carbocycles. The smallest absolute Gasteiger partial charge is 0.243 e. The second-order valence-corrected chi connectivity index (χ2v) is 8.28. The van der Waals surface area contributed by atoms with E-state index in [-0.39, 0.29) is 16.7 Å². The molecule has 4 rings (SSSR count). The summed E-state index contributed by atoms with van der Waals surface area (Å²) in [4.78, 5) is 18.2. The van der Waals surface area contributed by atoms with E-state index < -0.39 is 10.0 Å². The fraction of sp³-hybridized carbons (Fsp3) is 0.500. The maximum Gasteiger partial charge on any atom is 0.243 e. The summed E-state index contributed by atoms with van der Waals surface area (Å²) in [6.07, 6.45) is 3.89. The Labute approximate surface area is 140 Å². The molecule has 0 radical (unpaired) electrons. The van der Waals surface area contributed by atoms with E-state index in [4.69, 9.17) is 4.42 Å². The molecule has 2 heterocycles. The van der Waals surface area contributed by atoms with Crippen molar-refractivity contribution in [3.05, 3.63) is 24.6 Å². The number of carbonyl (C=O) groups excluding carboxylic acids is 1. The largest absolute Gasteiger partial charge is 0.443 e. The normalized spacial score (nSPS) is 20.2. The van der Waals surface area contributed by atoms with Gasteiger partial charge in [0.25, 0.3) is 0 Å². The molecular formula is C16H19N3O4S. The number of oxazole rings is 1. The molecule has 2 aliphatic rings. The highest BCUT2D eigenvalue weighted by atomic mass is 32.2. The van der Waals surface area contributed by atoms with Crippen LogP contribution in [-0.4, -0.2) is 54.7 Å². The zero-order valence-electron chi connectivity index (χ0n) is 13.2. The summed E-state index contributed by atoms with van der Waals surface area (Å²) < 4.78 is 32.4. The summed E-state index contributed by atoms with van der Waals surface area (Å²) in [7, 11) is -3.60. The van der Waals surface area contributed by atoms with Gasteiger partial charge in [0.05, 0.1) is 4.90 Å². The number of amides is 1. The first-order chi connectivity index (χ1) is 11.6. The third kappa shape index (κ3) is 2.80. The molecule has 128 valence electrons. The molecule has 0 N–H and O–H groups in total. The molecule has 2 fully saturated rings. The number of hydrogen-bond donors (Lipinski definition) is 0. The summed E-state index contributed by atoms with van der Waals surface area (Å²) in [5, 5.41) is 0. The highest BCUT2D eigenvalue weighted by Gasteiger charge is 2.35. The van der Waals surface area contributed by atoms with Gasteiger partial charge in [-0.1, -0.05) is 0 Å². The molecule has 2 aromatic rings. The molecule has 0 unspecified atom stereocenters. The van der Waals surface area contributed by atoms with Crippen LogP contribution in [0.2, 0.25) is 0 Å². The van der Waals surface area contributed by atoms with Gasteiger partial charge in [-0.3, -0.25) is 4.79 Å². The Morgan fingerprint density at radius 1 is 1.17 bits per heavy atom. The third-order valence-corrected chi connectivity index (χ3v) is 6.53. The molecule has 0 atom stereocenters. The first kappa shape index (κ1) is 15.6. The molecule has 1 aliphatic heterocycles. The van der Waals surface area contributed by atoms with E-state index in [0.717, 1.165) is 12.8 Å². The first-order valence-electron chi connectivity index (χ1n) is 8.18. The van der Waals surface area contributed by atoms with E-state index in [0.29, 0.717) is 43.7 Å². The number of aromatic nitrogens is 1. The molecule has 24 heavy (non-hydrogen) atoms. The lowest BCUT2D eigenvalue weighted by atomic mass is 10.3. The Balaban J connectivity index is 1.54. The van der Waals surface area contributed by atoms with Gasteiger partial charge in [0.2, 0.25) is 15.9 Å². The fourth-order valence-corrected chi connectivity index (χ4v) is 4.57. The van der Waals surface area contributed by atoms with E-state index in [2.05, 4.69) is 4.98 Å². The number of benzene rings is 1. The van der Waals surface area contributed by atoms with E-state index in [9.17, 15) is 13.2 Å². The summed E-state index contributed by atoms with van der Waals surface area (Å²) in [5.41, 5.74) is 1.09. The van der Waals surface area contributed by atoms with Crippen molar-refractivity contribution in [3.8, 4) is 0 Å². The lowest BCUT2D eigenvalue weighted by Crippen LogP contribution is -2.37. The minimum Gasteiger partial charge on any atom is -0.443 e. The summed E-state index contributed by atoms with van der Waals surface area (Å²) in [5.74, 6) is 0.347. The van der Waals surface area contributed by atoms with Crippen LogP contribution in [0.5, 0.6) is 0 Å². The van der Waals surface area contributed by atoms with E-state index in [1.807, 2.05) is 4.90 Å². The molecule has 0 bridgehead atoms. The van der Waals surface area contributed by atoms with Crippen LogP contribution < -0.4 is 0 Å². The number of nitrogens with zero attached hydrogens (tertiary/aromatic N) is 3. The monoisotopic (exact) mass is 349 g/mol. The number of carbonyl (C=O) groups is 1. The van der Waals surface area contributed by atoms with Gasteiger partial charge in [0, 0.05) is 38.2 Å². The Kier molecular flexibility index (Phi) is 3.80. The quantitative estimate of drug-likeness (QED) is 0.838. The van der Waals surface area contributed by atoms with Crippen LogP contribution in [0.25, 0.3) is 11.1 Å². The second-order valence-electron chi connectivity index (χ2n) is 6.34. The van der Waals surface area contributed by atoms with Crippen LogP contribution in [0.15, 0.2) is 33.9 Å². The molecule has 1 saturated heterocycles. The van der Waals surface area contributed by atoms with Crippen molar-refractivity contribution in [1.82, 2.24) is 14.2 Å². The molecule has 1 aromatic heterocycles. The van der Waals surface area contributed by atoms with Crippen molar-refractivity contribution in [2.75, 3.05) is 26.2 Å². The summed E-state index contributed by atoms with van der Waals surface area (Å²) in [6, 6.07) is 4.71. The molecule has 7 nitrogen and oxygen atoms in total. The van der Waals surface area contributed by atoms with E-state index in [1.165, 1.54) is 16.8 Å². The number of hydrogen-bond acceptors (Lipinski definition) is 5. The standard InChI is InChI=1S/C16H19N3O4S/c20-16(12-2-3-12)18-6-1-7-19(9-8-18)24(21,22)13-4-5-14-15(10-13)23-11-17-14/h4-5,10-12H,1-3,6-9H2. The van der Waals surface area contributed by atoms with Crippen molar-refractivity contribution in [2.24, 2.45) is 5.92 Å². The topological polar surface area (TPSA) is 83.7 Å². The predicted molar refractivity (Wildman–Crippen MR) is 86.7 cm³/mol. The predicted octanol–water partition coefficient (Wildman–Crippen LogP) is 1.46. The summed E-state index contributed by atoms with van der Waals surface area (Å²) >= 11 is 0. The van der Waals surface area contributed by atoms with Crippen LogP contribution in [0.1, 0.15) is 19.3 Å². The SMILES string of the molecule is O=C(C1CC1)N1CCCN(S(=O)(=O)c2ccc3ncoc3c2)CC1. The zero-order valence-corrected chi connectivity index (χ0v) is 14.0. The fourth-order valence-electron chi connectivity index (χ4n) is 3.09. The van der Waals surface area contributed by atoms with Gasteiger partial charge in [-0.25, -0.2) is 13.4 Å². The number of sulfonamides is 1. The van der Waals surface area contributed by atoms with Crippen molar-refractivity contribution in [1.29, 1.82) is 0 Å². The van der Waals surface area contributed by atoms with Crippen LogP contribution in [0.4, 0.5) is 0 Å². The van der Waals surface area contributed by atoms with Gasteiger partial charge >= 0.3 is 0 Å². The molecule has 1 aliphatic carbocycles. The minimum atomic E-state index is -3.60. The lowest BCUT2D eigenvalue weighted by Gasteiger charge is -2.22. The van der Waals surface area contributed by atoms with Gasteiger partial charge in [-0.15, -0.1) is 0 Å². The molecule has 1 amide bonds. The van der Waals surface area contributed by atoms with Gasteiger partial charge in [-0.2, -0.15) is 4.31 Å². The Bertz CT molecular complexity index is 872. The van der Waals surface area contributed by atoms with E-state index in [1.54, 1.807) is 12.1 Å². The van der Waals surface area contributed by atoms with Crippen molar-refractivity contribution in [2.45, 2.75) is 24.2 Å². The maximum absolute atomic E-state index is 12.9. The number of rotatable bonds is 3. The van der Waals surface area contributed by atoms with Crippen LogP contribution in [0.3, 0.4) is 0 Å². The molecule has 1 saturated carbocycles. The molecular weight excluding hydrogens is 330 g/mol. The van der Waals surface area contributed by atoms with E-state index >= 15 is 0 Å². The third-order valence-electron chi connectivity index (χ3n) is 4.63. The minimum absolute atomic E-state index is 0.169. The Morgan fingerprint density at radius 3 is 2.79 bits per heavy atom. The summed E-state index contributed by atoms with van der Waals surface area (Å²) in [6.45, 7) is 1.84. The van der Waals surface area contributed by atoms with Crippen LogP contribution >= 0.6 is 0 Å². The highest BCUT2D eigenvalue weighted by Crippen LogP contribution is 2.31. The lowest BCUT2D eigenvalue weighted by molar-refractivity contribution is -0.132. The second kappa shape index (κ2) is 5.86. The van der Waals surface area contributed by atoms with Gasteiger partial charge in [0.15, 0.2) is 12.0 Å². The van der Waals surface area contributed by atoms with Crippen molar-refractivity contribution in [3.63, 3.8) is 0 Å². The average molecular weight is 349 g/mol. The van der Waals surface area contributed by atoms with Crippen molar-refractivity contribution >= 4 is 27.0 Å².